The molecular weight excluding hydrogens is 328 g/mol. The van der Waals surface area contributed by atoms with E-state index in [0.29, 0.717) is 27.7 Å². The van der Waals surface area contributed by atoms with E-state index in [1.54, 1.807) is 35.2 Å². The van der Waals surface area contributed by atoms with E-state index >= 15 is 0 Å². The van der Waals surface area contributed by atoms with Crippen molar-refractivity contribution in [2.45, 2.75) is 0 Å². The summed E-state index contributed by atoms with van der Waals surface area (Å²) in [6.07, 6.45) is 0. The van der Waals surface area contributed by atoms with Crippen LogP contribution in [-0.2, 0) is 4.79 Å². The van der Waals surface area contributed by atoms with E-state index in [1.807, 2.05) is 19.5 Å². The van der Waals surface area contributed by atoms with Crippen LogP contribution in [0.3, 0.4) is 0 Å². The smallest absolute Gasteiger partial charge is 0.297 e. The molecule has 0 bridgehead atoms. The van der Waals surface area contributed by atoms with Gasteiger partial charge < -0.3 is 20.0 Å². The summed E-state index contributed by atoms with van der Waals surface area (Å²) in [5, 5.41) is 7.12. The van der Waals surface area contributed by atoms with Crippen molar-refractivity contribution in [2.75, 3.05) is 30.9 Å². The van der Waals surface area contributed by atoms with Gasteiger partial charge in [0.1, 0.15) is 5.52 Å². The third-order valence-electron chi connectivity index (χ3n) is 3.20. The molecule has 0 atom stereocenters. The molecule has 7 nitrogen and oxygen atoms in total. The van der Waals surface area contributed by atoms with E-state index in [0.717, 1.165) is 0 Å². The van der Waals surface area contributed by atoms with Gasteiger partial charge >= 0.3 is 0 Å². The van der Waals surface area contributed by atoms with Crippen LogP contribution in [0, 0.1) is 0 Å². The monoisotopic (exact) mass is 344 g/mol. The molecule has 3 rings (SSSR count). The number of benzene rings is 1. The first-order valence-electron chi connectivity index (χ1n) is 7.22. The minimum atomic E-state index is -0.310. The van der Waals surface area contributed by atoms with Crippen molar-refractivity contribution in [3.05, 3.63) is 40.6 Å². The molecule has 2 N–H and O–H groups in total. The number of nitrogens with zero attached hydrogens (tertiary/aromatic N) is 2. The fraction of sp³-hybridized carbons (Fsp3) is 0.188. The Balaban J connectivity index is 1.61. The van der Waals surface area contributed by atoms with Crippen molar-refractivity contribution < 1.29 is 14.0 Å². The molecule has 124 valence electrons. The van der Waals surface area contributed by atoms with Gasteiger partial charge in [-0.05, 0) is 29.6 Å². The van der Waals surface area contributed by atoms with Gasteiger partial charge in [0.2, 0.25) is 5.91 Å². The molecule has 2 amide bonds. The van der Waals surface area contributed by atoms with Crippen molar-refractivity contribution in [3.8, 4) is 0 Å². The van der Waals surface area contributed by atoms with Gasteiger partial charge in [-0.15, -0.1) is 11.3 Å². The zero-order valence-corrected chi connectivity index (χ0v) is 14.0. The van der Waals surface area contributed by atoms with Crippen LogP contribution in [0.1, 0.15) is 9.67 Å². The highest BCUT2D eigenvalue weighted by atomic mass is 32.1. The van der Waals surface area contributed by atoms with Crippen LogP contribution in [0.25, 0.3) is 11.1 Å². The van der Waals surface area contributed by atoms with Crippen molar-refractivity contribution in [1.29, 1.82) is 0 Å². The van der Waals surface area contributed by atoms with Crippen molar-refractivity contribution in [1.82, 2.24) is 10.3 Å². The number of oxazole rings is 1. The number of anilines is 2. The second kappa shape index (κ2) is 6.71. The van der Waals surface area contributed by atoms with Crippen LogP contribution in [0.15, 0.2) is 40.1 Å². The topological polar surface area (TPSA) is 87.5 Å². The number of carbonyl (C=O) groups is 2. The van der Waals surface area contributed by atoms with Gasteiger partial charge in [0.15, 0.2) is 5.58 Å². The highest BCUT2D eigenvalue weighted by molar-refractivity contribution is 7.12. The molecule has 0 aliphatic rings. The molecule has 1 aromatic carbocycles. The summed E-state index contributed by atoms with van der Waals surface area (Å²) in [6, 6.07) is 9.19. The second-order valence-electron chi connectivity index (χ2n) is 5.28. The summed E-state index contributed by atoms with van der Waals surface area (Å²) in [4.78, 5) is 30.4. The number of hydrogen-bond acceptors (Lipinski definition) is 6. The Bertz CT molecular complexity index is 871. The van der Waals surface area contributed by atoms with Crippen LogP contribution < -0.4 is 15.5 Å². The minimum absolute atomic E-state index is 0.101. The van der Waals surface area contributed by atoms with Gasteiger partial charge in [-0.2, -0.15) is 4.98 Å². The van der Waals surface area contributed by atoms with E-state index in [-0.39, 0.29) is 18.4 Å². The fourth-order valence-electron chi connectivity index (χ4n) is 2.04. The maximum absolute atomic E-state index is 12.0. The maximum atomic E-state index is 12.0. The SMILES string of the molecule is CN(C)c1nc2cc(NC(=O)CNC(=O)c3cccs3)ccc2o1. The number of thiophene rings is 1. The number of hydrogen-bond donors (Lipinski definition) is 2. The van der Waals surface area contributed by atoms with E-state index in [9.17, 15) is 9.59 Å². The molecule has 0 fully saturated rings. The molecule has 2 heterocycles. The molecule has 0 aliphatic heterocycles. The molecule has 0 unspecified atom stereocenters. The third kappa shape index (κ3) is 3.54. The lowest BCUT2D eigenvalue weighted by Crippen LogP contribution is -2.32. The first kappa shape index (κ1) is 16.0. The Labute approximate surface area is 142 Å². The van der Waals surface area contributed by atoms with E-state index in [4.69, 9.17) is 4.42 Å². The summed E-state index contributed by atoms with van der Waals surface area (Å²) in [7, 11) is 3.67. The Hall–Kier alpha value is -2.87. The Morgan fingerprint density at radius 3 is 2.83 bits per heavy atom. The molecule has 0 spiro atoms. The number of aromatic nitrogens is 1. The largest absolute Gasteiger partial charge is 0.423 e. The molecule has 3 aromatic rings. The van der Waals surface area contributed by atoms with Crippen LogP contribution in [0.4, 0.5) is 11.7 Å². The maximum Gasteiger partial charge on any atom is 0.297 e. The van der Waals surface area contributed by atoms with E-state index in [2.05, 4.69) is 15.6 Å². The number of fused-ring (bicyclic) bond motifs is 1. The van der Waals surface area contributed by atoms with Crippen LogP contribution in [-0.4, -0.2) is 37.4 Å². The molecule has 0 aliphatic carbocycles. The third-order valence-corrected chi connectivity index (χ3v) is 4.07. The quantitative estimate of drug-likeness (QED) is 0.742. The predicted octanol–water partition coefficient (Wildman–Crippen LogP) is 2.32. The van der Waals surface area contributed by atoms with E-state index in [1.165, 1.54) is 11.3 Å². The van der Waals surface area contributed by atoms with Crippen LogP contribution in [0.2, 0.25) is 0 Å². The summed E-state index contributed by atoms with van der Waals surface area (Å²) in [5.74, 6) is -0.571. The van der Waals surface area contributed by atoms with Gasteiger partial charge in [0.05, 0.1) is 11.4 Å². The van der Waals surface area contributed by atoms with Gasteiger partial charge in [-0.1, -0.05) is 6.07 Å². The predicted molar refractivity (Wildman–Crippen MR) is 93.6 cm³/mol. The van der Waals surface area contributed by atoms with E-state index < -0.39 is 0 Å². The number of rotatable bonds is 5. The first-order valence-corrected chi connectivity index (χ1v) is 8.10. The van der Waals surface area contributed by atoms with Gasteiger partial charge in [-0.25, -0.2) is 0 Å². The summed E-state index contributed by atoms with van der Waals surface area (Å²) < 4.78 is 5.56. The van der Waals surface area contributed by atoms with Gasteiger partial charge in [0, 0.05) is 19.8 Å². The normalized spacial score (nSPS) is 10.6. The van der Waals surface area contributed by atoms with Gasteiger partial charge in [-0.3, -0.25) is 9.59 Å². The Kier molecular flexibility index (Phi) is 4.48. The standard InChI is InChI=1S/C16H16N4O3S/c1-20(2)16-19-11-8-10(5-6-12(11)23-16)18-14(21)9-17-15(22)13-4-3-7-24-13/h3-8H,9H2,1-2H3,(H,17,22)(H,18,21). The lowest BCUT2D eigenvalue weighted by atomic mass is 10.3. The molecule has 24 heavy (non-hydrogen) atoms. The summed E-state index contributed by atoms with van der Waals surface area (Å²) in [6.45, 7) is -0.101. The van der Waals surface area contributed by atoms with Crippen molar-refractivity contribution in [2.24, 2.45) is 0 Å². The lowest BCUT2D eigenvalue weighted by molar-refractivity contribution is -0.115. The fourth-order valence-corrected chi connectivity index (χ4v) is 2.69. The zero-order chi connectivity index (χ0) is 17.1. The number of carbonyl (C=O) groups excluding carboxylic acids is 2. The minimum Gasteiger partial charge on any atom is -0.423 e. The molecule has 2 aromatic heterocycles. The molecule has 0 radical (unpaired) electrons. The number of amides is 2. The van der Waals surface area contributed by atoms with Crippen LogP contribution in [0.5, 0.6) is 0 Å². The highest BCUT2D eigenvalue weighted by Crippen LogP contribution is 2.23. The number of nitrogens with one attached hydrogen (secondary N) is 2. The highest BCUT2D eigenvalue weighted by Gasteiger charge is 2.11. The van der Waals surface area contributed by atoms with Crippen LogP contribution >= 0.6 is 11.3 Å². The summed E-state index contributed by atoms with van der Waals surface area (Å²) in [5.41, 5.74) is 1.89. The van der Waals surface area contributed by atoms with Crippen molar-refractivity contribution in [3.63, 3.8) is 0 Å². The molecule has 0 saturated carbocycles. The molecule has 8 heteroatoms. The average molecular weight is 344 g/mol. The van der Waals surface area contributed by atoms with Crippen molar-refractivity contribution >= 4 is 46.0 Å². The second-order valence-corrected chi connectivity index (χ2v) is 6.23. The lowest BCUT2D eigenvalue weighted by Gasteiger charge is -2.06. The average Bonchev–Trinajstić information content (AvgIpc) is 3.21. The Morgan fingerprint density at radius 1 is 1.29 bits per heavy atom. The zero-order valence-electron chi connectivity index (χ0n) is 13.2. The first-order chi connectivity index (χ1) is 11.5. The molecule has 0 saturated heterocycles. The Morgan fingerprint density at radius 2 is 2.12 bits per heavy atom. The summed E-state index contributed by atoms with van der Waals surface area (Å²) >= 11 is 1.33. The molecular formula is C16H16N4O3S. The van der Waals surface area contributed by atoms with Gasteiger partial charge in [0.25, 0.3) is 11.9 Å².